The molecule has 2 N–H and O–H groups in total. The van der Waals surface area contributed by atoms with E-state index in [2.05, 4.69) is 26.8 Å². The van der Waals surface area contributed by atoms with Gasteiger partial charge in [0.05, 0.1) is 24.4 Å². The van der Waals surface area contributed by atoms with Crippen LogP contribution in [0.5, 0.6) is 0 Å². The number of hydrogen-bond acceptors (Lipinski definition) is 18. The SMILES string of the molecule is CO[C@H]1C[C@@H]2CC[C@@H](C)[C@@](O)(O2)C(=O)C(=O)N2CCCC[C@H]2C(=O)O[C@H]([C@H](C)C[C@@H]2CC[C@@H](OC(=O)CCc3cnc(N4CCN(C)CC4)nc3)[C@H](OC)C2)C[C@@H](OC)[C@H](C)/C=C(\C)[C@@H](O)[C@@H](OC)C(=O)C(C)C[C@H](C)/C=C/C=C/C=C/1C. The van der Waals surface area contributed by atoms with Gasteiger partial charge in [-0.3, -0.25) is 19.2 Å². The lowest BCUT2D eigenvalue weighted by molar-refractivity contribution is -0.265. The number of aryl methyl sites for hydroxylation is 1. The lowest BCUT2D eigenvalue weighted by Crippen LogP contribution is -2.61. The van der Waals surface area contributed by atoms with E-state index in [0.29, 0.717) is 75.7 Å². The summed E-state index contributed by atoms with van der Waals surface area (Å²) in [6.45, 7) is 17.0. The number of allylic oxidation sites excluding steroid dienone is 5. The zero-order valence-electron chi connectivity index (χ0n) is 51.7. The molecule has 16 atom stereocenters. The second-order valence-corrected chi connectivity index (χ2v) is 24.6. The Bertz CT molecular complexity index is 2410. The van der Waals surface area contributed by atoms with Crippen molar-refractivity contribution >= 4 is 35.4 Å². The molecule has 0 radical (unpaired) electrons. The molecule has 0 spiro atoms. The smallest absolute Gasteiger partial charge is 0.329 e. The van der Waals surface area contributed by atoms with Gasteiger partial charge in [0.25, 0.3) is 11.7 Å². The van der Waals surface area contributed by atoms with Gasteiger partial charge in [0, 0.05) is 111 Å². The number of hydrogen-bond donors (Lipinski definition) is 2. The number of amides is 1. The summed E-state index contributed by atoms with van der Waals surface area (Å²) in [7, 11) is 8.32. The Morgan fingerprint density at radius 3 is 2.18 bits per heavy atom. The van der Waals surface area contributed by atoms with Crippen LogP contribution in [-0.4, -0.2) is 188 Å². The number of fused-ring (bicyclic) bond motifs is 3. The highest BCUT2D eigenvalue weighted by molar-refractivity contribution is 6.39. The molecule has 5 aliphatic rings. The first-order chi connectivity index (χ1) is 39.6. The standard InChI is InChI=1S/C64H99N5O14/c1-40-18-14-13-15-19-41(2)52(77-9)36-49-24-21-46(7)64(76,83-49)60(73)61(74)69-27-17-16-20-50(69)62(75)82-54(37-53(78-10)42(3)33-45(6)58(72)59(80-12)57(71)44(5)32-40)43(4)34-47-22-25-51(55(35-47)79-11)81-56(70)26-23-48-38-65-63(66-39-48)68-30-28-67(8)29-31-68/h13-15,18-19,33,38-40,42-44,46-47,49-55,58-59,72,76H,16-17,20-32,34-37H2,1-12H3/b15-13+,18-14+,41-19+,45-33+/t40-,42-,43-,44?,46-,47+,49+,50+,51-,52+,53-,54+,55-,58-,59+,64-/m1/s1. The predicted octanol–water partition coefficient (Wildman–Crippen LogP) is 7.35. The molecule has 1 unspecified atom stereocenters. The number of anilines is 1. The topological polar surface area (TPSA) is 226 Å². The molecule has 1 aliphatic carbocycles. The van der Waals surface area contributed by atoms with E-state index in [-0.39, 0.29) is 67.3 Å². The first-order valence-corrected chi connectivity index (χ1v) is 30.5. The van der Waals surface area contributed by atoms with E-state index in [4.69, 9.17) is 33.2 Å². The molecular weight excluding hydrogens is 1060 g/mol. The van der Waals surface area contributed by atoms with Crippen LogP contribution in [-0.2, 0) is 63.6 Å². The second kappa shape index (κ2) is 32.1. The van der Waals surface area contributed by atoms with Crippen LogP contribution in [0, 0.1) is 35.5 Å². The summed E-state index contributed by atoms with van der Waals surface area (Å²) in [6, 6.07) is -1.11. The van der Waals surface area contributed by atoms with Gasteiger partial charge < -0.3 is 58.1 Å². The van der Waals surface area contributed by atoms with Crippen molar-refractivity contribution in [1.29, 1.82) is 0 Å². The average molecular weight is 1160 g/mol. The van der Waals surface area contributed by atoms with Crippen LogP contribution in [0.3, 0.4) is 0 Å². The molecule has 19 heteroatoms. The normalized spacial score (nSPS) is 36.4. The molecule has 1 aromatic heterocycles. The van der Waals surface area contributed by atoms with Gasteiger partial charge in [-0.2, -0.15) is 0 Å². The van der Waals surface area contributed by atoms with Crippen molar-refractivity contribution in [3.63, 3.8) is 0 Å². The Morgan fingerprint density at radius 2 is 1.51 bits per heavy atom. The minimum Gasteiger partial charge on any atom is -0.460 e. The average Bonchev–Trinajstić information content (AvgIpc) is 3.67. The van der Waals surface area contributed by atoms with Gasteiger partial charge in [0.15, 0.2) is 5.78 Å². The minimum absolute atomic E-state index is 0.0275. The van der Waals surface area contributed by atoms with E-state index in [1.54, 1.807) is 47.6 Å². The Morgan fingerprint density at radius 1 is 0.795 bits per heavy atom. The van der Waals surface area contributed by atoms with Gasteiger partial charge in [-0.1, -0.05) is 71.1 Å². The molecule has 1 aromatic rings. The van der Waals surface area contributed by atoms with E-state index in [1.165, 1.54) is 12.0 Å². The van der Waals surface area contributed by atoms with Crippen LogP contribution < -0.4 is 4.90 Å². The summed E-state index contributed by atoms with van der Waals surface area (Å²) in [5, 5.41) is 23.9. The van der Waals surface area contributed by atoms with Crippen LogP contribution in [0.15, 0.2) is 60.0 Å². The predicted molar refractivity (Wildman–Crippen MR) is 315 cm³/mol. The number of cyclic esters (lactones) is 1. The summed E-state index contributed by atoms with van der Waals surface area (Å²) in [6.07, 6.45) is 16.1. The number of aliphatic hydroxyl groups excluding tert-OH is 1. The van der Waals surface area contributed by atoms with Gasteiger partial charge in [-0.25, -0.2) is 14.8 Å². The molecule has 1 saturated carbocycles. The van der Waals surface area contributed by atoms with E-state index < -0.39 is 84.1 Å². The molecule has 4 fully saturated rings. The number of likely N-dealkylation sites (N-methyl/N-ethyl adjacent to an activating group) is 1. The van der Waals surface area contributed by atoms with Gasteiger partial charge >= 0.3 is 11.9 Å². The maximum atomic E-state index is 14.8. The van der Waals surface area contributed by atoms with Crippen LogP contribution in [0.25, 0.3) is 0 Å². The number of piperidine rings is 1. The summed E-state index contributed by atoms with van der Waals surface area (Å²) >= 11 is 0. The van der Waals surface area contributed by atoms with Crippen molar-refractivity contribution in [3.05, 3.63) is 65.6 Å². The summed E-state index contributed by atoms with van der Waals surface area (Å²) in [5.74, 6) is -6.69. The summed E-state index contributed by atoms with van der Waals surface area (Å²) in [4.78, 5) is 85.9. The number of piperazine rings is 1. The highest BCUT2D eigenvalue weighted by Crippen LogP contribution is 2.39. The number of carbonyl (C=O) groups excluding carboxylic acids is 5. The third kappa shape index (κ3) is 18.4. The summed E-state index contributed by atoms with van der Waals surface area (Å²) < 4.78 is 42.7. The third-order valence-corrected chi connectivity index (χ3v) is 18.3. The molecule has 0 aromatic carbocycles. The lowest BCUT2D eigenvalue weighted by Gasteiger charge is -2.43. The maximum Gasteiger partial charge on any atom is 0.329 e. The number of rotatable bonds is 12. The maximum absolute atomic E-state index is 14.8. The van der Waals surface area contributed by atoms with Gasteiger partial charge in [0.2, 0.25) is 11.7 Å². The molecule has 464 valence electrons. The largest absolute Gasteiger partial charge is 0.460 e. The number of ether oxygens (including phenoxy) is 7. The van der Waals surface area contributed by atoms with E-state index in [9.17, 15) is 34.2 Å². The Kier molecular flexibility index (Phi) is 26.1. The molecular formula is C64H99N5O14. The molecule has 3 saturated heterocycles. The fourth-order valence-corrected chi connectivity index (χ4v) is 12.8. The molecule has 83 heavy (non-hydrogen) atoms. The first kappa shape index (κ1) is 67.4. The van der Waals surface area contributed by atoms with Crippen molar-refractivity contribution in [1.82, 2.24) is 19.8 Å². The minimum atomic E-state index is -2.43. The highest BCUT2D eigenvalue weighted by atomic mass is 16.6. The van der Waals surface area contributed by atoms with E-state index >= 15 is 0 Å². The Balaban J connectivity index is 1.22. The van der Waals surface area contributed by atoms with Crippen LogP contribution in [0.1, 0.15) is 138 Å². The third-order valence-electron chi connectivity index (χ3n) is 18.3. The van der Waals surface area contributed by atoms with Crippen molar-refractivity contribution < 1.29 is 67.3 Å². The van der Waals surface area contributed by atoms with Crippen molar-refractivity contribution in [2.45, 2.75) is 199 Å². The Hall–Kier alpha value is -4.73. The lowest BCUT2D eigenvalue weighted by atomic mass is 9.78. The number of ketones is 2. The fourth-order valence-electron chi connectivity index (χ4n) is 12.8. The van der Waals surface area contributed by atoms with E-state index in [1.807, 2.05) is 71.1 Å². The molecule has 1 amide bonds. The van der Waals surface area contributed by atoms with Crippen molar-refractivity contribution in [2.24, 2.45) is 35.5 Å². The molecule has 2 bridgehead atoms. The second-order valence-electron chi connectivity index (χ2n) is 24.6. The van der Waals surface area contributed by atoms with Gasteiger partial charge in [-0.05, 0) is 126 Å². The number of Topliss-reactive ketones (excluding diaryl/α,β-unsaturated/α-hetero) is 2. The van der Waals surface area contributed by atoms with Crippen molar-refractivity contribution in [2.75, 3.05) is 73.1 Å². The van der Waals surface area contributed by atoms with Gasteiger partial charge in [-0.15, -0.1) is 0 Å². The zero-order valence-corrected chi connectivity index (χ0v) is 51.7. The van der Waals surface area contributed by atoms with Crippen LogP contribution in [0.4, 0.5) is 5.95 Å². The quantitative estimate of drug-likeness (QED) is 0.118. The molecule has 5 heterocycles. The number of nitrogens with zero attached hydrogens (tertiary/aromatic N) is 5. The summed E-state index contributed by atoms with van der Waals surface area (Å²) in [5.41, 5.74) is 2.26. The number of aromatic nitrogens is 2. The zero-order chi connectivity index (χ0) is 60.5. The van der Waals surface area contributed by atoms with Crippen LogP contribution in [0.2, 0.25) is 0 Å². The fraction of sp³-hybridized carbons (Fsp3) is 0.734. The Labute approximate surface area is 493 Å². The number of aliphatic hydroxyl groups is 2. The first-order valence-electron chi connectivity index (χ1n) is 30.5. The number of esters is 2. The number of carbonyl (C=O) groups is 5. The monoisotopic (exact) mass is 1160 g/mol. The molecule has 4 aliphatic heterocycles. The molecule has 19 nitrogen and oxygen atoms in total. The van der Waals surface area contributed by atoms with Crippen molar-refractivity contribution in [3.8, 4) is 0 Å². The van der Waals surface area contributed by atoms with E-state index in [0.717, 1.165) is 43.7 Å². The van der Waals surface area contributed by atoms with Gasteiger partial charge in [0.1, 0.15) is 30.5 Å². The molecule has 6 rings (SSSR count). The number of methoxy groups -OCH3 is 4. The van der Waals surface area contributed by atoms with Crippen LogP contribution >= 0.6 is 0 Å². The highest BCUT2D eigenvalue weighted by Gasteiger charge is 2.53.